The number of carbonyl (C=O) groups excluding carboxylic acids is 1. The number of para-hydroxylation sites is 2. The fourth-order valence-electron chi connectivity index (χ4n) is 4.66. The van der Waals surface area contributed by atoms with E-state index in [0.717, 1.165) is 20.9 Å². The number of carbonyl (C=O) groups is 1. The molecule has 0 aliphatic rings. The highest BCUT2D eigenvalue weighted by molar-refractivity contribution is 9.10. The predicted octanol–water partition coefficient (Wildman–Crippen LogP) is 6.29. The van der Waals surface area contributed by atoms with E-state index in [1.165, 1.54) is 4.57 Å². The monoisotopic (exact) mass is 542 g/mol. The Bertz CT molecular complexity index is 1690. The van der Waals surface area contributed by atoms with Crippen LogP contribution in [0, 0.1) is 0 Å². The van der Waals surface area contributed by atoms with Crippen molar-refractivity contribution in [1.82, 2.24) is 4.57 Å². The lowest BCUT2D eigenvalue weighted by atomic mass is 9.92. The minimum atomic E-state index is -0.696. The van der Waals surface area contributed by atoms with Gasteiger partial charge in [0.1, 0.15) is 17.1 Å². The van der Waals surface area contributed by atoms with Crippen LogP contribution < -0.4 is 10.9 Å². The van der Waals surface area contributed by atoms with E-state index < -0.39 is 17.4 Å². The average molecular weight is 543 g/mol. The second-order valence-corrected chi connectivity index (χ2v) is 9.48. The molecule has 1 atom stereocenters. The smallest absolute Gasteiger partial charge is 0.265 e. The van der Waals surface area contributed by atoms with Crippen LogP contribution >= 0.6 is 15.9 Å². The fourth-order valence-corrected chi connectivity index (χ4v) is 5.06. The molecule has 0 unspecified atom stereocenters. The Morgan fingerprint density at radius 2 is 1.58 bits per heavy atom. The summed E-state index contributed by atoms with van der Waals surface area (Å²) in [5.41, 5.74) is 0.951. The van der Waals surface area contributed by atoms with Crippen molar-refractivity contribution < 1.29 is 15.0 Å². The van der Waals surface area contributed by atoms with Crippen LogP contribution in [0.15, 0.2) is 94.2 Å². The van der Waals surface area contributed by atoms with E-state index in [1.54, 1.807) is 37.4 Å². The third-order valence-electron chi connectivity index (χ3n) is 6.44. The van der Waals surface area contributed by atoms with Crippen LogP contribution in [-0.4, -0.2) is 20.6 Å². The number of phenolic OH excluding ortho intramolecular Hbond substituents is 1. The SMILES string of the molecule is Cn1c(=O)c(C(=O)C[C@H](Nc2ccccc2Br)c2c(O)ccc3ccccc23)c(O)c2ccccc21. The van der Waals surface area contributed by atoms with Crippen LogP contribution in [0.4, 0.5) is 5.69 Å². The molecule has 5 rings (SSSR count). The lowest BCUT2D eigenvalue weighted by molar-refractivity contribution is 0.0972. The van der Waals surface area contributed by atoms with Crippen molar-refractivity contribution in [2.75, 3.05) is 5.32 Å². The number of aryl methyl sites for hydroxylation is 1. The molecule has 1 heterocycles. The molecule has 0 radical (unpaired) electrons. The van der Waals surface area contributed by atoms with Gasteiger partial charge in [-0.3, -0.25) is 9.59 Å². The minimum Gasteiger partial charge on any atom is -0.508 e. The van der Waals surface area contributed by atoms with Crippen LogP contribution in [0.3, 0.4) is 0 Å². The summed E-state index contributed by atoms with van der Waals surface area (Å²) in [4.78, 5) is 26.8. The molecule has 180 valence electrons. The molecule has 0 saturated heterocycles. The highest BCUT2D eigenvalue weighted by atomic mass is 79.9. The maximum atomic E-state index is 13.7. The van der Waals surface area contributed by atoms with E-state index in [2.05, 4.69) is 21.2 Å². The second kappa shape index (κ2) is 9.51. The van der Waals surface area contributed by atoms with Crippen LogP contribution in [0.25, 0.3) is 21.7 Å². The van der Waals surface area contributed by atoms with Gasteiger partial charge in [0.05, 0.1) is 11.6 Å². The van der Waals surface area contributed by atoms with Crippen LogP contribution in [-0.2, 0) is 7.05 Å². The van der Waals surface area contributed by atoms with Gasteiger partial charge in [-0.2, -0.15) is 0 Å². The highest BCUT2D eigenvalue weighted by Gasteiger charge is 2.27. The van der Waals surface area contributed by atoms with Gasteiger partial charge in [0.2, 0.25) is 0 Å². The number of nitrogens with one attached hydrogen (secondary N) is 1. The summed E-state index contributed by atoms with van der Waals surface area (Å²) in [5.74, 6) is -0.835. The van der Waals surface area contributed by atoms with Gasteiger partial charge >= 0.3 is 0 Å². The van der Waals surface area contributed by atoms with E-state index >= 15 is 0 Å². The molecule has 0 aliphatic heterocycles. The minimum absolute atomic E-state index is 0.0293. The van der Waals surface area contributed by atoms with E-state index in [1.807, 2.05) is 54.6 Å². The normalized spacial score (nSPS) is 12.1. The largest absolute Gasteiger partial charge is 0.508 e. The Labute approximate surface area is 215 Å². The second-order valence-electron chi connectivity index (χ2n) is 8.63. The molecule has 36 heavy (non-hydrogen) atoms. The first kappa shape index (κ1) is 23.6. The third kappa shape index (κ3) is 4.12. The van der Waals surface area contributed by atoms with E-state index in [9.17, 15) is 19.8 Å². The zero-order chi connectivity index (χ0) is 25.4. The van der Waals surface area contributed by atoms with Gasteiger partial charge in [0.25, 0.3) is 5.56 Å². The Hall–Kier alpha value is -4.10. The van der Waals surface area contributed by atoms with Gasteiger partial charge in [-0.05, 0) is 57.0 Å². The van der Waals surface area contributed by atoms with Crippen molar-refractivity contribution in [2.24, 2.45) is 7.05 Å². The van der Waals surface area contributed by atoms with Crippen molar-refractivity contribution in [1.29, 1.82) is 0 Å². The molecule has 6 nitrogen and oxygen atoms in total. The van der Waals surface area contributed by atoms with Gasteiger partial charge in [-0.1, -0.05) is 54.6 Å². The summed E-state index contributed by atoms with van der Waals surface area (Å²) in [6.07, 6.45) is -0.177. The molecule has 0 saturated carbocycles. The summed E-state index contributed by atoms with van der Waals surface area (Å²) in [6.45, 7) is 0. The standard InChI is InChI=1S/C29H23BrN2O4/c1-32-23-13-7-4-10-19(23)28(35)27(29(32)36)25(34)16-22(31-21-12-6-5-11-20(21)30)26-18-9-3-2-8-17(18)14-15-24(26)33/h2-15,22,31,33,35H,16H2,1H3/t22-/m0/s1. The van der Waals surface area contributed by atoms with Gasteiger partial charge in [0.15, 0.2) is 5.78 Å². The summed E-state index contributed by atoms with van der Waals surface area (Å²) in [6, 6.07) is 24.7. The Morgan fingerprint density at radius 1 is 0.917 bits per heavy atom. The van der Waals surface area contributed by atoms with Crippen molar-refractivity contribution in [3.05, 3.63) is 111 Å². The maximum Gasteiger partial charge on any atom is 0.265 e. The first-order valence-electron chi connectivity index (χ1n) is 11.4. The van der Waals surface area contributed by atoms with E-state index in [0.29, 0.717) is 16.5 Å². The maximum absolute atomic E-state index is 13.7. The Morgan fingerprint density at radius 3 is 2.36 bits per heavy atom. The molecule has 0 aliphatic carbocycles. The number of benzene rings is 4. The average Bonchev–Trinajstić information content (AvgIpc) is 2.88. The number of ketones is 1. The lowest BCUT2D eigenvalue weighted by Crippen LogP contribution is -2.27. The zero-order valence-corrected chi connectivity index (χ0v) is 21.0. The molecule has 0 fully saturated rings. The molecule has 3 N–H and O–H groups in total. The summed E-state index contributed by atoms with van der Waals surface area (Å²) in [7, 11) is 1.58. The van der Waals surface area contributed by atoms with E-state index in [-0.39, 0.29) is 23.5 Å². The van der Waals surface area contributed by atoms with Gasteiger partial charge in [-0.25, -0.2) is 0 Å². The number of phenols is 1. The number of Topliss-reactive ketones (excluding diaryl/α,β-unsaturated/α-hetero) is 1. The van der Waals surface area contributed by atoms with Crippen molar-refractivity contribution in [3.63, 3.8) is 0 Å². The van der Waals surface area contributed by atoms with Crippen LogP contribution in [0.1, 0.15) is 28.4 Å². The first-order valence-corrected chi connectivity index (χ1v) is 12.2. The number of nitrogens with zero attached hydrogens (tertiary/aromatic N) is 1. The number of aromatic hydroxyl groups is 2. The number of rotatable bonds is 6. The number of pyridine rings is 1. The molecule has 5 aromatic rings. The van der Waals surface area contributed by atoms with Gasteiger partial charge in [-0.15, -0.1) is 0 Å². The molecule has 4 aromatic carbocycles. The number of fused-ring (bicyclic) bond motifs is 2. The molecule has 1 aromatic heterocycles. The van der Waals surface area contributed by atoms with Crippen molar-refractivity contribution >= 4 is 49.1 Å². The topological polar surface area (TPSA) is 91.6 Å². The molecule has 0 spiro atoms. The third-order valence-corrected chi connectivity index (χ3v) is 7.14. The number of hydrogen-bond acceptors (Lipinski definition) is 5. The van der Waals surface area contributed by atoms with E-state index in [4.69, 9.17) is 0 Å². The molecule has 0 bridgehead atoms. The first-order chi connectivity index (χ1) is 17.4. The zero-order valence-electron chi connectivity index (χ0n) is 19.4. The van der Waals surface area contributed by atoms with Crippen molar-refractivity contribution in [2.45, 2.75) is 12.5 Å². The van der Waals surface area contributed by atoms with Gasteiger partial charge in [0, 0.05) is 34.6 Å². The van der Waals surface area contributed by atoms with Crippen LogP contribution in [0.2, 0.25) is 0 Å². The number of hydrogen-bond donors (Lipinski definition) is 3. The van der Waals surface area contributed by atoms with Crippen molar-refractivity contribution in [3.8, 4) is 11.5 Å². The van der Waals surface area contributed by atoms with Crippen LogP contribution in [0.5, 0.6) is 11.5 Å². The summed E-state index contributed by atoms with van der Waals surface area (Å²) < 4.78 is 2.15. The molecular formula is C29H23BrN2O4. The fraction of sp³-hybridized carbons (Fsp3) is 0.103. The molecular weight excluding hydrogens is 520 g/mol. The number of halogens is 1. The summed E-state index contributed by atoms with van der Waals surface area (Å²) >= 11 is 3.53. The van der Waals surface area contributed by atoms with Gasteiger partial charge < -0.3 is 20.1 Å². The predicted molar refractivity (Wildman–Crippen MR) is 146 cm³/mol. The number of aromatic nitrogens is 1. The highest BCUT2D eigenvalue weighted by Crippen LogP contribution is 2.38. The molecule has 7 heteroatoms. The number of anilines is 1. The summed E-state index contributed by atoms with van der Waals surface area (Å²) in [5, 5.41) is 27.4. The molecule has 0 amide bonds. The Balaban J connectivity index is 1.66. The lowest BCUT2D eigenvalue weighted by Gasteiger charge is -2.23. The Kier molecular flexibility index (Phi) is 6.24. The quantitative estimate of drug-likeness (QED) is 0.219.